The van der Waals surface area contributed by atoms with Crippen LogP contribution in [0.1, 0.15) is 5.56 Å². The van der Waals surface area contributed by atoms with Crippen molar-refractivity contribution in [1.82, 2.24) is 10.3 Å². The van der Waals surface area contributed by atoms with Crippen molar-refractivity contribution in [2.75, 3.05) is 18.2 Å². The van der Waals surface area contributed by atoms with Crippen molar-refractivity contribution in [3.63, 3.8) is 0 Å². The molecule has 0 aliphatic rings. The molecule has 0 unspecified atom stereocenters. The van der Waals surface area contributed by atoms with Crippen LogP contribution in [0.15, 0.2) is 42.6 Å². The molecule has 6 heteroatoms. The lowest BCUT2D eigenvalue weighted by atomic mass is 10.3. The zero-order chi connectivity index (χ0) is 14.4. The van der Waals surface area contributed by atoms with Crippen molar-refractivity contribution in [3.8, 4) is 5.88 Å². The lowest BCUT2D eigenvalue weighted by molar-refractivity contribution is 0.251. The molecule has 0 atom stereocenters. The van der Waals surface area contributed by atoms with E-state index in [4.69, 9.17) is 10.5 Å². The zero-order valence-corrected chi connectivity index (χ0v) is 11.1. The summed E-state index contributed by atoms with van der Waals surface area (Å²) in [4.78, 5) is 15.8. The van der Waals surface area contributed by atoms with Gasteiger partial charge in [0.05, 0.1) is 7.11 Å². The van der Waals surface area contributed by atoms with Crippen molar-refractivity contribution < 1.29 is 9.53 Å². The van der Waals surface area contributed by atoms with Crippen molar-refractivity contribution >= 4 is 17.4 Å². The molecule has 0 fully saturated rings. The number of rotatable bonds is 4. The van der Waals surface area contributed by atoms with Gasteiger partial charge in [0.1, 0.15) is 0 Å². The Bertz CT molecular complexity index is 584. The monoisotopic (exact) mass is 272 g/mol. The summed E-state index contributed by atoms with van der Waals surface area (Å²) in [6, 6.07) is 10.3. The normalized spacial score (nSPS) is 9.85. The molecule has 1 aromatic carbocycles. The molecule has 2 amide bonds. The molecule has 0 aliphatic heterocycles. The van der Waals surface area contributed by atoms with Gasteiger partial charge in [-0.3, -0.25) is 0 Å². The Kier molecular flexibility index (Phi) is 4.39. The van der Waals surface area contributed by atoms with E-state index in [9.17, 15) is 4.79 Å². The number of benzene rings is 1. The topological polar surface area (TPSA) is 89.3 Å². The number of nitrogen functional groups attached to an aromatic ring is 1. The predicted molar refractivity (Wildman–Crippen MR) is 77.5 cm³/mol. The Balaban J connectivity index is 1.85. The van der Waals surface area contributed by atoms with Crippen LogP contribution in [-0.2, 0) is 6.54 Å². The van der Waals surface area contributed by atoms with E-state index in [2.05, 4.69) is 15.6 Å². The Morgan fingerprint density at radius 2 is 2.20 bits per heavy atom. The highest BCUT2D eigenvalue weighted by molar-refractivity contribution is 5.89. The molecule has 2 aromatic rings. The lowest BCUT2D eigenvalue weighted by Crippen LogP contribution is -2.28. The second-order valence-corrected chi connectivity index (χ2v) is 4.14. The number of anilines is 2. The quantitative estimate of drug-likeness (QED) is 0.742. The number of methoxy groups -OCH3 is 1. The summed E-state index contributed by atoms with van der Waals surface area (Å²) in [5.74, 6) is 0.540. The molecular weight excluding hydrogens is 256 g/mol. The van der Waals surface area contributed by atoms with Gasteiger partial charge < -0.3 is 21.1 Å². The number of nitrogens with zero attached hydrogens (tertiary/aromatic N) is 1. The van der Waals surface area contributed by atoms with Gasteiger partial charge in [0, 0.05) is 30.2 Å². The van der Waals surface area contributed by atoms with E-state index in [-0.39, 0.29) is 6.03 Å². The predicted octanol–water partition coefficient (Wildman–Crippen LogP) is 1.99. The molecule has 1 heterocycles. The zero-order valence-electron chi connectivity index (χ0n) is 11.1. The third-order valence-electron chi connectivity index (χ3n) is 2.60. The van der Waals surface area contributed by atoms with Gasteiger partial charge in [-0.2, -0.15) is 0 Å². The molecule has 0 aliphatic carbocycles. The van der Waals surface area contributed by atoms with Gasteiger partial charge in [0.25, 0.3) is 0 Å². The van der Waals surface area contributed by atoms with Crippen LogP contribution in [0.25, 0.3) is 0 Å². The van der Waals surface area contributed by atoms with Gasteiger partial charge in [-0.1, -0.05) is 12.1 Å². The fourth-order valence-corrected chi connectivity index (χ4v) is 1.61. The maximum Gasteiger partial charge on any atom is 0.319 e. The fourth-order valence-electron chi connectivity index (χ4n) is 1.61. The molecule has 6 nitrogen and oxygen atoms in total. The van der Waals surface area contributed by atoms with Gasteiger partial charge in [0.15, 0.2) is 0 Å². The van der Waals surface area contributed by atoms with Crippen LogP contribution in [0.3, 0.4) is 0 Å². The van der Waals surface area contributed by atoms with Crippen LogP contribution in [0, 0.1) is 0 Å². The number of carbonyl (C=O) groups is 1. The standard InChI is InChI=1S/C14H16N4O2/c1-20-13-6-5-10(8-16-13)9-17-14(19)18-12-4-2-3-11(15)7-12/h2-8H,9,15H2,1H3,(H2,17,18,19). The second kappa shape index (κ2) is 6.42. The number of hydrogen-bond donors (Lipinski definition) is 3. The summed E-state index contributed by atoms with van der Waals surface area (Å²) in [5, 5.41) is 5.43. The number of ether oxygens (including phenoxy) is 1. The second-order valence-electron chi connectivity index (χ2n) is 4.14. The molecule has 0 bridgehead atoms. The minimum absolute atomic E-state index is 0.300. The lowest BCUT2D eigenvalue weighted by Gasteiger charge is -2.08. The van der Waals surface area contributed by atoms with Crippen LogP contribution in [0.2, 0.25) is 0 Å². The SMILES string of the molecule is COc1ccc(CNC(=O)Nc2cccc(N)c2)cn1. The van der Waals surface area contributed by atoms with Crippen LogP contribution < -0.4 is 21.1 Å². The van der Waals surface area contributed by atoms with Crippen LogP contribution in [0.4, 0.5) is 16.2 Å². The van der Waals surface area contributed by atoms with Gasteiger partial charge in [-0.15, -0.1) is 0 Å². The third kappa shape index (κ3) is 3.88. The average molecular weight is 272 g/mol. The van der Waals surface area contributed by atoms with Crippen molar-refractivity contribution in [3.05, 3.63) is 48.2 Å². The summed E-state index contributed by atoms with van der Waals surface area (Å²) in [7, 11) is 1.55. The Hall–Kier alpha value is -2.76. The summed E-state index contributed by atoms with van der Waals surface area (Å²) >= 11 is 0. The molecule has 0 saturated carbocycles. The number of aromatic nitrogens is 1. The van der Waals surface area contributed by atoms with E-state index in [0.29, 0.717) is 23.8 Å². The first-order valence-electron chi connectivity index (χ1n) is 6.06. The average Bonchev–Trinajstić information content (AvgIpc) is 2.46. The summed E-state index contributed by atoms with van der Waals surface area (Å²) < 4.78 is 4.96. The highest BCUT2D eigenvalue weighted by Gasteiger charge is 2.02. The van der Waals surface area contributed by atoms with Gasteiger partial charge in [-0.05, 0) is 23.8 Å². The van der Waals surface area contributed by atoms with E-state index in [1.54, 1.807) is 43.6 Å². The summed E-state index contributed by atoms with van der Waals surface area (Å²) in [6.07, 6.45) is 1.65. The van der Waals surface area contributed by atoms with Gasteiger partial charge in [-0.25, -0.2) is 9.78 Å². The number of urea groups is 1. The van der Waals surface area contributed by atoms with Crippen LogP contribution in [0.5, 0.6) is 5.88 Å². The molecule has 0 radical (unpaired) electrons. The Morgan fingerprint density at radius 3 is 2.85 bits per heavy atom. The molecule has 2 rings (SSSR count). The van der Waals surface area contributed by atoms with Gasteiger partial charge >= 0.3 is 6.03 Å². The van der Waals surface area contributed by atoms with E-state index >= 15 is 0 Å². The maximum atomic E-state index is 11.7. The molecule has 0 spiro atoms. The molecule has 104 valence electrons. The number of pyridine rings is 1. The molecule has 1 aromatic heterocycles. The fraction of sp³-hybridized carbons (Fsp3) is 0.143. The first kappa shape index (κ1) is 13.7. The smallest absolute Gasteiger partial charge is 0.319 e. The number of amides is 2. The van der Waals surface area contributed by atoms with Gasteiger partial charge in [0.2, 0.25) is 5.88 Å². The van der Waals surface area contributed by atoms with Crippen molar-refractivity contribution in [1.29, 1.82) is 0 Å². The van der Waals surface area contributed by atoms with Crippen LogP contribution >= 0.6 is 0 Å². The molecular formula is C14H16N4O2. The first-order valence-corrected chi connectivity index (χ1v) is 6.06. The highest BCUT2D eigenvalue weighted by atomic mass is 16.5. The Morgan fingerprint density at radius 1 is 1.35 bits per heavy atom. The Labute approximate surface area is 117 Å². The number of carbonyl (C=O) groups excluding carboxylic acids is 1. The van der Waals surface area contributed by atoms with E-state index in [1.807, 2.05) is 6.07 Å². The molecule has 0 saturated heterocycles. The first-order chi connectivity index (χ1) is 9.67. The minimum atomic E-state index is -0.300. The van der Waals surface area contributed by atoms with E-state index < -0.39 is 0 Å². The van der Waals surface area contributed by atoms with E-state index in [0.717, 1.165) is 5.56 Å². The van der Waals surface area contributed by atoms with E-state index in [1.165, 1.54) is 0 Å². The van der Waals surface area contributed by atoms with Crippen LogP contribution in [-0.4, -0.2) is 18.1 Å². The van der Waals surface area contributed by atoms with Crippen molar-refractivity contribution in [2.45, 2.75) is 6.54 Å². The number of hydrogen-bond acceptors (Lipinski definition) is 4. The summed E-state index contributed by atoms with van der Waals surface area (Å²) in [5.41, 5.74) is 7.77. The third-order valence-corrected chi connectivity index (χ3v) is 2.60. The molecule has 20 heavy (non-hydrogen) atoms. The van der Waals surface area contributed by atoms with Crippen molar-refractivity contribution in [2.24, 2.45) is 0 Å². The number of nitrogens with two attached hydrogens (primary N) is 1. The minimum Gasteiger partial charge on any atom is -0.481 e. The largest absolute Gasteiger partial charge is 0.481 e. The summed E-state index contributed by atoms with van der Waals surface area (Å²) in [6.45, 7) is 0.380. The number of nitrogens with one attached hydrogen (secondary N) is 2. The molecule has 4 N–H and O–H groups in total. The maximum absolute atomic E-state index is 11.7. The highest BCUT2D eigenvalue weighted by Crippen LogP contribution is 2.11.